The van der Waals surface area contributed by atoms with Crippen LogP contribution in [0.25, 0.3) is 0 Å². The van der Waals surface area contributed by atoms with Crippen molar-refractivity contribution in [2.45, 2.75) is 38.3 Å². The summed E-state index contributed by atoms with van der Waals surface area (Å²) in [6.45, 7) is 6.28. The molecule has 0 aliphatic carbocycles. The van der Waals surface area contributed by atoms with Crippen LogP contribution in [0.1, 0.15) is 31.2 Å². The molecule has 1 aromatic carbocycles. The number of likely N-dealkylation sites (tertiary alicyclic amines) is 1. The number of nitrogens with one attached hydrogen (secondary N) is 1. The summed E-state index contributed by atoms with van der Waals surface area (Å²) in [5, 5.41) is 13.1. The quantitative estimate of drug-likeness (QED) is 0.807. The molecule has 0 radical (unpaired) electrons. The molecular formula is C19H30N2O2. The third-order valence-electron chi connectivity index (χ3n) is 5.43. The molecule has 0 bridgehead atoms. The smallest absolute Gasteiger partial charge is 0.0536 e. The van der Waals surface area contributed by atoms with Gasteiger partial charge in [0.05, 0.1) is 6.61 Å². The third kappa shape index (κ3) is 4.77. The number of ether oxygens (including phenoxy) is 1. The maximum absolute atomic E-state index is 9.31. The molecule has 1 aromatic rings. The van der Waals surface area contributed by atoms with Gasteiger partial charge < -0.3 is 15.2 Å². The van der Waals surface area contributed by atoms with Crippen LogP contribution >= 0.6 is 0 Å². The zero-order chi connectivity index (χ0) is 16.0. The normalized spacial score (nSPS) is 26.7. The summed E-state index contributed by atoms with van der Waals surface area (Å²) in [6.07, 6.45) is 4.35. The minimum atomic E-state index is 0.163. The predicted octanol–water partition coefficient (Wildman–Crippen LogP) is 2.03. The maximum Gasteiger partial charge on any atom is 0.0536 e. The van der Waals surface area contributed by atoms with Gasteiger partial charge in [0.2, 0.25) is 0 Å². The highest BCUT2D eigenvalue weighted by molar-refractivity contribution is 5.14. The summed E-state index contributed by atoms with van der Waals surface area (Å²) < 4.78 is 5.58. The number of aliphatic hydroxyl groups excluding tert-OH is 1. The fourth-order valence-corrected chi connectivity index (χ4v) is 3.81. The number of hydrogen-bond donors (Lipinski definition) is 2. The molecule has 2 saturated heterocycles. The van der Waals surface area contributed by atoms with Gasteiger partial charge in [0.1, 0.15) is 0 Å². The van der Waals surface area contributed by atoms with Crippen LogP contribution in [0, 0.1) is 5.41 Å². The van der Waals surface area contributed by atoms with E-state index >= 15 is 0 Å². The van der Waals surface area contributed by atoms with Gasteiger partial charge in [-0.25, -0.2) is 0 Å². The van der Waals surface area contributed by atoms with Crippen molar-refractivity contribution in [2.24, 2.45) is 5.41 Å². The first-order valence-electron chi connectivity index (χ1n) is 8.98. The Hall–Kier alpha value is -0.940. The van der Waals surface area contributed by atoms with Crippen LogP contribution in [0.2, 0.25) is 0 Å². The molecule has 4 heteroatoms. The van der Waals surface area contributed by atoms with Gasteiger partial charge in [-0.15, -0.1) is 0 Å². The van der Waals surface area contributed by atoms with Gasteiger partial charge in [0.15, 0.2) is 0 Å². The lowest BCUT2D eigenvalue weighted by atomic mass is 9.83. The van der Waals surface area contributed by atoms with E-state index in [-0.39, 0.29) is 12.0 Å². The summed E-state index contributed by atoms with van der Waals surface area (Å²) in [4.78, 5) is 2.55. The number of nitrogens with zero attached hydrogens (tertiary/aromatic N) is 1. The van der Waals surface area contributed by atoms with E-state index in [9.17, 15) is 5.11 Å². The second-order valence-electron chi connectivity index (χ2n) is 7.19. The van der Waals surface area contributed by atoms with Gasteiger partial charge in [-0.3, -0.25) is 4.90 Å². The lowest BCUT2D eigenvalue weighted by Crippen LogP contribution is -2.46. The predicted molar refractivity (Wildman–Crippen MR) is 92.3 cm³/mol. The van der Waals surface area contributed by atoms with E-state index in [0.717, 1.165) is 52.2 Å². The molecule has 2 fully saturated rings. The Kier molecular flexibility index (Phi) is 6.06. The van der Waals surface area contributed by atoms with Crippen molar-refractivity contribution in [2.75, 3.05) is 39.5 Å². The van der Waals surface area contributed by atoms with E-state index in [1.165, 1.54) is 18.4 Å². The second kappa shape index (κ2) is 8.25. The number of hydrogen-bond acceptors (Lipinski definition) is 4. The molecule has 1 atom stereocenters. The minimum absolute atomic E-state index is 0.163. The lowest BCUT2D eigenvalue weighted by molar-refractivity contribution is 0.115. The molecule has 3 rings (SSSR count). The highest BCUT2D eigenvalue weighted by Crippen LogP contribution is 2.31. The molecule has 1 unspecified atom stereocenters. The first kappa shape index (κ1) is 16.9. The van der Waals surface area contributed by atoms with Crippen LogP contribution in [0.3, 0.4) is 0 Å². The van der Waals surface area contributed by atoms with Gasteiger partial charge in [0.25, 0.3) is 0 Å². The van der Waals surface area contributed by atoms with Crippen LogP contribution in [-0.2, 0) is 11.3 Å². The van der Waals surface area contributed by atoms with E-state index in [2.05, 4.69) is 40.5 Å². The molecular weight excluding hydrogens is 288 g/mol. The Bertz CT molecular complexity index is 452. The van der Waals surface area contributed by atoms with Gasteiger partial charge in [-0.1, -0.05) is 30.3 Å². The number of rotatable bonds is 7. The SMILES string of the molecule is OCCC1(CNC2CCN(Cc3ccccc3)CC2)CCOC1. The molecule has 2 aliphatic rings. The Morgan fingerprint density at radius 1 is 1.22 bits per heavy atom. The molecule has 0 saturated carbocycles. The molecule has 2 heterocycles. The van der Waals surface area contributed by atoms with Gasteiger partial charge in [-0.2, -0.15) is 0 Å². The van der Waals surface area contributed by atoms with Crippen molar-refractivity contribution >= 4 is 0 Å². The first-order valence-corrected chi connectivity index (χ1v) is 8.98. The largest absolute Gasteiger partial charge is 0.396 e. The number of piperidine rings is 1. The summed E-state index contributed by atoms with van der Waals surface area (Å²) in [5.41, 5.74) is 1.57. The van der Waals surface area contributed by atoms with E-state index in [4.69, 9.17) is 4.74 Å². The van der Waals surface area contributed by atoms with Crippen molar-refractivity contribution in [1.82, 2.24) is 10.2 Å². The average molecular weight is 318 g/mol. The summed E-state index contributed by atoms with van der Waals surface area (Å²) in [6, 6.07) is 11.3. The number of benzene rings is 1. The van der Waals surface area contributed by atoms with E-state index < -0.39 is 0 Å². The highest BCUT2D eigenvalue weighted by atomic mass is 16.5. The zero-order valence-electron chi connectivity index (χ0n) is 14.0. The van der Waals surface area contributed by atoms with Gasteiger partial charge >= 0.3 is 0 Å². The zero-order valence-corrected chi connectivity index (χ0v) is 14.0. The van der Waals surface area contributed by atoms with Gasteiger partial charge in [-0.05, 0) is 44.3 Å². The third-order valence-corrected chi connectivity index (χ3v) is 5.43. The minimum Gasteiger partial charge on any atom is -0.396 e. The molecule has 23 heavy (non-hydrogen) atoms. The molecule has 128 valence electrons. The van der Waals surface area contributed by atoms with Crippen molar-refractivity contribution in [1.29, 1.82) is 0 Å². The Morgan fingerprint density at radius 3 is 2.65 bits per heavy atom. The fourth-order valence-electron chi connectivity index (χ4n) is 3.81. The molecule has 0 spiro atoms. The van der Waals surface area contributed by atoms with E-state index in [1.807, 2.05) is 0 Å². The summed E-state index contributed by atoms with van der Waals surface area (Å²) in [7, 11) is 0. The maximum atomic E-state index is 9.31. The van der Waals surface area contributed by atoms with Crippen molar-refractivity contribution in [3.8, 4) is 0 Å². The van der Waals surface area contributed by atoms with Crippen LogP contribution in [0.4, 0.5) is 0 Å². The molecule has 4 nitrogen and oxygen atoms in total. The topological polar surface area (TPSA) is 44.7 Å². The Balaban J connectivity index is 1.40. The van der Waals surface area contributed by atoms with Crippen LogP contribution < -0.4 is 5.32 Å². The van der Waals surface area contributed by atoms with Crippen LogP contribution in [-0.4, -0.2) is 55.5 Å². The molecule has 2 N–H and O–H groups in total. The molecule has 0 aromatic heterocycles. The summed E-state index contributed by atoms with van der Waals surface area (Å²) >= 11 is 0. The standard InChI is InChI=1S/C19H30N2O2/c22-12-8-19(9-13-23-16-19)15-20-18-6-10-21(11-7-18)14-17-4-2-1-3-5-17/h1-5,18,20,22H,6-16H2. The Morgan fingerprint density at radius 2 is 2.00 bits per heavy atom. The van der Waals surface area contributed by atoms with E-state index in [0.29, 0.717) is 6.04 Å². The average Bonchev–Trinajstić information content (AvgIpc) is 3.05. The van der Waals surface area contributed by atoms with Crippen molar-refractivity contribution in [3.63, 3.8) is 0 Å². The second-order valence-corrected chi connectivity index (χ2v) is 7.19. The number of aliphatic hydroxyl groups is 1. The first-order chi connectivity index (χ1) is 11.3. The molecule has 0 amide bonds. The van der Waals surface area contributed by atoms with Crippen molar-refractivity contribution in [3.05, 3.63) is 35.9 Å². The highest BCUT2D eigenvalue weighted by Gasteiger charge is 2.35. The van der Waals surface area contributed by atoms with E-state index in [1.54, 1.807) is 0 Å². The van der Waals surface area contributed by atoms with Crippen LogP contribution in [0.15, 0.2) is 30.3 Å². The Labute approximate surface area is 139 Å². The van der Waals surface area contributed by atoms with Gasteiger partial charge in [0, 0.05) is 37.8 Å². The summed E-state index contributed by atoms with van der Waals surface area (Å²) in [5.74, 6) is 0. The molecule has 2 aliphatic heterocycles. The van der Waals surface area contributed by atoms with Crippen molar-refractivity contribution < 1.29 is 9.84 Å². The lowest BCUT2D eigenvalue weighted by Gasteiger charge is -2.35. The van der Waals surface area contributed by atoms with Crippen LogP contribution in [0.5, 0.6) is 0 Å². The fraction of sp³-hybridized carbons (Fsp3) is 0.684. The monoisotopic (exact) mass is 318 g/mol.